The molecule has 0 heterocycles. The van der Waals surface area contributed by atoms with Gasteiger partial charge in [0, 0.05) is 12.5 Å². The van der Waals surface area contributed by atoms with Crippen LogP contribution in [0.5, 0.6) is 0 Å². The van der Waals surface area contributed by atoms with Crippen molar-refractivity contribution in [2.45, 2.75) is 32.6 Å². The highest BCUT2D eigenvalue weighted by Crippen LogP contribution is 2.06. The molecule has 0 aromatic heterocycles. The molecule has 0 rings (SSSR count). The van der Waals surface area contributed by atoms with E-state index < -0.39 is 6.29 Å². The molecule has 0 aliphatic carbocycles. The number of hydrogen-bond acceptors (Lipinski definition) is 3. The topological polar surface area (TPSA) is 52.5 Å². The molecule has 1 atom stereocenters. The molecule has 0 radical (unpaired) electrons. The van der Waals surface area contributed by atoms with Crippen LogP contribution in [-0.2, 0) is 0 Å². The van der Waals surface area contributed by atoms with Gasteiger partial charge < -0.3 is 15.5 Å². The van der Waals surface area contributed by atoms with Gasteiger partial charge in [-0.1, -0.05) is 13.8 Å². The van der Waals surface area contributed by atoms with Crippen LogP contribution < -0.4 is 5.32 Å². The lowest BCUT2D eigenvalue weighted by atomic mass is 10.0. The molecule has 0 bridgehead atoms. The van der Waals surface area contributed by atoms with Gasteiger partial charge in [0.05, 0.1) is 0 Å². The Hall–Kier alpha value is -0.120. The predicted molar refractivity (Wildman–Crippen MR) is 40.5 cm³/mol. The van der Waals surface area contributed by atoms with Crippen LogP contribution in [0.25, 0.3) is 0 Å². The van der Waals surface area contributed by atoms with Gasteiger partial charge in [0.1, 0.15) is 0 Å². The average molecular weight is 147 g/mol. The minimum Gasteiger partial charge on any atom is -0.368 e. The Morgan fingerprint density at radius 1 is 1.30 bits per heavy atom. The lowest BCUT2D eigenvalue weighted by Gasteiger charge is -2.20. The maximum absolute atomic E-state index is 8.62. The van der Waals surface area contributed by atoms with Crippen molar-refractivity contribution in [2.24, 2.45) is 5.92 Å². The van der Waals surface area contributed by atoms with Crippen molar-refractivity contribution in [1.29, 1.82) is 0 Å². The van der Waals surface area contributed by atoms with Crippen LogP contribution in [0.15, 0.2) is 0 Å². The van der Waals surface area contributed by atoms with E-state index >= 15 is 0 Å². The summed E-state index contributed by atoms with van der Waals surface area (Å²) in [4.78, 5) is 0. The Labute approximate surface area is 62.1 Å². The molecule has 0 saturated heterocycles. The lowest BCUT2D eigenvalue weighted by molar-refractivity contribution is -0.0540. The Balaban J connectivity index is 3.60. The zero-order chi connectivity index (χ0) is 8.15. The van der Waals surface area contributed by atoms with Crippen LogP contribution in [0.2, 0.25) is 0 Å². The number of hydrogen-bond donors (Lipinski definition) is 3. The first-order valence-electron chi connectivity index (χ1n) is 3.61. The van der Waals surface area contributed by atoms with Gasteiger partial charge in [0.2, 0.25) is 0 Å². The second kappa shape index (κ2) is 4.66. The third kappa shape index (κ3) is 3.82. The van der Waals surface area contributed by atoms with Crippen LogP contribution in [-0.4, -0.2) is 29.6 Å². The predicted octanol–water partition coefficient (Wildman–Crippen LogP) is -0.0688. The molecule has 0 aromatic rings. The first-order chi connectivity index (χ1) is 4.57. The van der Waals surface area contributed by atoms with Crippen molar-refractivity contribution < 1.29 is 10.2 Å². The zero-order valence-electron chi connectivity index (χ0n) is 6.83. The summed E-state index contributed by atoms with van der Waals surface area (Å²) in [6, 6.07) is 0.194. The molecule has 0 fully saturated rings. The van der Waals surface area contributed by atoms with E-state index in [2.05, 4.69) is 5.32 Å². The number of rotatable bonds is 4. The third-order valence-corrected chi connectivity index (χ3v) is 1.64. The van der Waals surface area contributed by atoms with Gasteiger partial charge in [-0.3, -0.25) is 0 Å². The van der Waals surface area contributed by atoms with Gasteiger partial charge >= 0.3 is 0 Å². The summed E-state index contributed by atoms with van der Waals surface area (Å²) in [5.74, 6) is 0.437. The van der Waals surface area contributed by atoms with E-state index in [9.17, 15) is 0 Å². The molecule has 3 nitrogen and oxygen atoms in total. The van der Waals surface area contributed by atoms with Crippen molar-refractivity contribution in [1.82, 2.24) is 5.32 Å². The van der Waals surface area contributed by atoms with Crippen LogP contribution in [0.3, 0.4) is 0 Å². The molecule has 0 aliphatic rings. The maximum Gasteiger partial charge on any atom is 0.152 e. The van der Waals surface area contributed by atoms with E-state index in [0.717, 1.165) is 0 Å². The molecule has 3 heteroatoms. The Kier molecular flexibility index (Phi) is 4.60. The highest BCUT2D eigenvalue weighted by atomic mass is 16.5. The Bertz CT molecular complexity index is 83.7. The summed E-state index contributed by atoms with van der Waals surface area (Å²) in [6.07, 6.45) is -0.798. The molecule has 0 spiro atoms. The standard InChI is InChI=1S/C7H17NO2/c1-5(2)6(8-3)4-7(9)10/h5-10H,4H2,1-3H3. The van der Waals surface area contributed by atoms with Crippen molar-refractivity contribution in [3.63, 3.8) is 0 Å². The second-order valence-corrected chi connectivity index (χ2v) is 2.86. The molecular weight excluding hydrogens is 130 g/mol. The molecule has 0 amide bonds. The highest BCUT2D eigenvalue weighted by Gasteiger charge is 2.13. The van der Waals surface area contributed by atoms with Gasteiger partial charge in [-0.25, -0.2) is 0 Å². The minimum atomic E-state index is -1.19. The van der Waals surface area contributed by atoms with E-state index in [1.165, 1.54) is 0 Å². The fourth-order valence-electron chi connectivity index (χ4n) is 0.950. The number of aliphatic hydroxyl groups is 2. The van der Waals surface area contributed by atoms with Gasteiger partial charge in [0.15, 0.2) is 6.29 Å². The maximum atomic E-state index is 8.62. The molecule has 1 unspecified atom stereocenters. The molecule has 3 N–H and O–H groups in total. The van der Waals surface area contributed by atoms with Gasteiger partial charge in [-0.15, -0.1) is 0 Å². The summed E-state index contributed by atoms with van der Waals surface area (Å²) in [7, 11) is 1.83. The fourth-order valence-corrected chi connectivity index (χ4v) is 0.950. The van der Waals surface area contributed by atoms with Crippen LogP contribution in [0.4, 0.5) is 0 Å². The molecule has 0 aromatic carbocycles. The fraction of sp³-hybridized carbons (Fsp3) is 1.00. The normalized spacial score (nSPS) is 14.7. The largest absolute Gasteiger partial charge is 0.368 e. The highest BCUT2D eigenvalue weighted by molar-refractivity contribution is 4.68. The molecule has 0 aliphatic heterocycles. The quantitative estimate of drug-likeness (QED) is 0.488. The smallest absolute Gasteiger partial charge is 0.152 e. The molecular formula is C7H17NO2. The van der Waals surface area contributed by atoms with E-state index in [1.54, 1.807) is 0 Å². The minimum absolute atomic E-state index is 0.194. The second-order valence-electron chi connectivity index (χ2n) is 2.86. The number of nitrogens with one attached hydrogen (secondary N) is 1. The summed E-state index contributed by atoms with van der Waals surface area (Å²) in [5.41, 5.74) is 0. The van der Waals surface area contributed by atoms with Gasteiger partial charge in [0.25, 0.3) is 0 Å². The van der Waals surface area contributed by atoms with E-state index in [-0.39, 0.29) is 6.04 Å². The zero-order valence-corrected chi connectivity index (χ0v) is 6.83. The molecule has 62 valence electrons. The molecule has 10 heavy (non-hydrogen) atoms. The van der Waals surface area contributed by atoms with Crippen molar-refractivity contribution in [3.05, 3.63) is 0 Å². The van der Waals surface area contributed by atoms with Crippen molar-refractivity contribution in [2.75, 3.05) is 7.05 Å². The summed E-state index contributed by atoms with van der Waals surface area (Å²) in [5, 5.41) is 20.2. The summed E-state index contributed by atoms with van der Waals surface area (Å²) < 4.78 is 0. The Morgan fingerprint density at radius 3 is 1.90 bits per heavy atom. The first-order valence-corrected chi connectivity index (χ1v) is 3.61. The lowest BCUT2D eigenvalue weighted by Crippen LogP contribution is -2.34. The summed E-state index contributed by atoms with van der Waals surface area (Å²) in [6.45, 7) is 4.09. The SMILES string of the molecule is CNC(CC(O)O)C(C)C. The monoisotopic (exact) mass is 147 g/mol. The third-order valence-electron chi connectivity index (χ3n) is 1.64. The molecule has 0 saturated carbocycles. The van der Waals surface area contributed by atoms with Crippen LogP contribution >= 0.6 is 0 Å². The van der Waals surface area contributed by atoms with Crippen molar-refractivity contribution >= 4 is 0 Å². The van der Waals surface area contributed by atoms with Gasteiger partial charge in [-0.05, 0) is 13.0 Å². The van der Waals surface area contributed by atoms with Crippen LogP contribution in [0.1, 0.15) is 20.3 Å². The van der Waals surface area contributed by atoms with Crippen molar-refractivity contribution in [3.8, 4) is 0 Å². The van der Waals surface area contributed by atoms with E-state index in [1.807, 2.05) is 20.9 Å². The van der Waals surface area contributed by atoms with E-state index in [4.69, 9.17) is 10.2 Å². The summed E-state index contributed by atoms with van der Waals surface area (Å²) >= 11 is 0. The van der Waals surface area contributed by atoms with Gasteiger partial charge in [-0.2, -0.15) is 0 Å². The van der Waals surface area contributed by atoms with E-state index in [0.29, 0.717) is 12.3 Å². The average Bonchev–Trinajstić information content (AvgIpc) is 1.81. The number of aliphatic hydroxyl groups excluding tert-OH is 1. The first kappa shape index (κ1) is 9.88. The van der Waals surface area contributed by atoms with Crippen LogP contribution in [0, 0.1) is 5.92 Å². The Morgan fingerprint density at radius 2 is 1.80 bits per heavy atom.